The Morgan fingerprint density at radius 2 is 1.94 bits per heavy atom. The summed E-state index contributed by atoms with van der Waals surface area (Å²) >= 11 is 0. The average Bonchev–Trinajstić information content (AvgIpc) is 2.48. The van der Waals surface area contributed by atoms with Gasteiger partial charge in [0, 0.05) is 6.08 Å². The van der Waals surface area contributed by atoms with Crippen molar-refractivity contribution in [1.29, 1.82) is 0 Å². The largest absolute Gasteiger partial charge is 0.487 e. The van der Waals surface area contributed by atoms with Gasteiger partial charge in [-0.2, -0.15) is 0 Å². The highest BCUT2D eigenvalue weighted by Gasteiger charge is 2.51. The third kappa shape index (κ3) is 3.10. The third-order valence-electron chi connectivity index (χ3n) is 3.41. The van der Waals surface area contributed by atoms with Crippen molar-refractivity contribution >= 4 is 13.1 Å². The van der Waals surface area contributed by atoms with Crippen molar-refractivity contribution in [2.24, 2.45) is 0 Å². The molecule has 1 aliphatic heterocycles. The Labute approximate surface area is 103 Å². The van der Waals surface area contributed by atoms with Crippen LogP contribution in [0.4, 0.5) is 0 Å². The standard InChI is InChI=1S/C12H21BO4/c1-6-12(5)11(3,4)16-13(17-12)9-8-10(14)15-7-2/h8-9H,6-7H2,1-5H3/b9-8+. The normalized spacial score (nSPS) is 27.7. The van der Waals surface area contributed by atoms with Crippen molar-refractivity contribution in [3.63, 3.8) is 0 Å². The topological polar surface area (TPSA) is 44.8 Å². The van der Waals surface area contributed by atoms with Gasteiger partial charge in [0.2, 0.25) is 0 Å². The second-order valence-corrected chi connectivity index (χ2v) is 4.81. The van der Waals surface area contributed by atoms with E-state index in [9.17, 15) is 4.79 Å². The lowest BCUT2D eigenvalue weighted by Gasteiger charge is -2.35. The summed E-state index contributed by atoms with van der Waals surface area (Å²) in [6.45, 7) is 10.2. The Bertz CT molecular complexity index is 314. The Balaban J connectivity index is 2.63. The molecule has 1 atom stereocenters. The number of esters is 1. The van der Waals surface area contributed by atoms with Crippen LogP contribution in [0.1, 0.15) is 41.0 Å². The molecular formula is C12H21BO4. The van der Waals surface area contributed by atoms with Crippen molar-refractivity contribution in [2.45, 2.75) is 52.2 Å². The number of rotatable bonds is 4. The zero-order valence-corrected chi connectivity index (χ0v) is 11.3. The van der Waals surface area contributed by atoms with Crippen molar-refractivity contribution in [3.05, 3.63) is 12.1 Å². The fourth-order valence-corrected chi connectivity index (χ4v) is 1.77. The molecule has 96 valence electrons. The van der Waals surface area contributed by atoms with Crippen LogP contribution < -0.4 is 0 Å². The fourth-order valence-electron chi connectivity index (χ4n) is 1.77. The Hall–Kier alpha value is -0.805. The number of carbonyl (C=O) groups is 1. The molecule has 0 radical (unpaired) electrons. The van der Waals surface area contributed by atoms with E-state index in [1.807, 2.05) is 20.8 Å². The number of hydrogen-bond donors (Lipinski definition) is 0. The van der Waals surface area contributed by atoms with Crippen LogP contribution in [0.3, 0.4) is 0 Å². The number of hydrogen-bond acceptors (Lipinski definition) is 4. The van der Waals surface area contributed by atoms with Crippen molar-refractivity contribution < 1.29 is 18.8 Å². The van der Waals surface area contributed by atoms with Gasteiger partial charge in [0.25, 0.3) is 0 Å². The van der Waals surface area contributed by atoms with E-state index in [-0.39, 0.29) is 17.2 Å². The van der Waals surface area contributed by atoms with E-state index in [2.05, 4.69) is 6.92 Å². The molecule has 1 saturated heterocycles. The van der Waals surface area contributed by atoms with Crippen LogP contribution in [0, 0.1) is 0 Å². The van der Waals surface area contributed by atoms with Gasteiger partial charge in [-0.15, -0.1) is 0 Å². The van der Waals surface area contributed by atoms with Crippen molar-refractivity contribution in [1.82, 2.24) is 0 Å². The molecule has 4 nitrogen and oxygen atoms in total. The molecule has 1 aliphatic rings. The maximum atomic E-state index is 11.2. The van der Waals surface area contributed by atoms with Crippen LogP contribution in [-0.4, -0.2) is 30.9 Å². The molecule has 0 aromatic rings. The summed E-state index contributed by atoms with van der Waals surface area (Å²) in [6.07, 6.45) is 2.20. The molecule has 0 bridgehead atoms. The fraction of sp³-hybridized carbons (Fsp3) is 0.750. The first-order valence-electron chi connectivity index (χ1n) is 6.05. The Morgan fingerprint density at radius 3 is 2.41 bits per heavy atom. The first-order valence-corrected chi connectivity index (χ1v) is 6.05. The van der Waals surface area contributed by atoms with E-state index >= 15 is 0 Å². The predicted octanol–water partition coefficient (Wildman–Crippen LogP) is 2.13. The first kappa shape index (κ1) is 14.3. The number of carbonyl (C=O) groups excluding carboxylic acids is 1. The predicted molar refractivity (Wildman–Crippen MR) is 66.5 cm³/mol. The van der Waals surface area contributed by atoms with Crippen LogP contribution in [0.25, 0.3) is 0 Å². The minimum atomic E-state index is -0.487. The minimum absolute atomic E-state index is 0.337. The molecule has 0 aliphatic carbocycles. The maximum Gasteiger partial charge on any atom is 0.487 e. The van der Waals surface area contributed by atoms with Gasteiger partial charge in [-0.1, -0.05) is 6.92 Å². The Kier molecular flexibility index (Phi) is 4.39. The molecule has 1 fully saturated rings. The highest BCUT2D eigenvalue weighted by Crippen LogP contribution is 2.39. The molecule has 0 saturated carbocycles. The van der Waals surface area contributed by atoms with E-state index in [0.717, 1.165) is 6.42 Å². The first-order chi connectivity index (χ1) is 7.84. The molecule has 1 heterocycles. The molecule has 0 aromatic carbocycles. The van der Waals surface area contributed by atoms with Gasteiger partial charge < -0.3 is 14.0 Å². The SMILES string of the molecule is CCOC(=O)/C=C/B1OC(C)(C)C(C)(CC)O1. The second-order valence-electron chi connectivity index (χ2n) is 4.81. The molecule has 5 heteroatoms. The molecule has 0 spiro atoms. The lowest BCUT2D eigenvalue weighted by atomic mass is 9.86. The minimum Gasteiger partial charge on any atom is -0.463 e. The van der Waals surface area contributed by atoms with Gasteiger partial charge in [0.1, 0.15) is 0 Å². The van der Waals surface area contributed by atoms with Gasteiger partial charge >= 0.3 is 13.1 Å². The summed E-state index contributed by atoms with van der Waals surface area (Å²) in [5.41, 5.74) is -0.706. The van der Waals surface area contributed by atoms with E-state index in [0.29, 0.717) is 6.61 Å². The van der Waals surface area contributed by atoms with Crippen LogP contribution in [0.5, 0.6) is 0 Å². The van der Waals surface area contributed by atoms with Crippen LogP contribution in [-0.2, 0) is 18.8 Å². The van der Waals surface area contributed by atoms with E-state index in [1.165, 1.54) is 6.08 Å². The van der Waals surface area contributed by atoms with Gasteiger partial charge in [-0.05, 0) is 40.1 Å². The van der Waals surface area contributed by atoms with Gasteiger partial charge in [0.15, 0.2) is 0 Å². The summed E-state index contributed by atoms with van der Waals surface area (Å²) in [5.74, 6) is 1.23. The zero-order valence-electron chi connectivity index (χ0n) is 11.3. The van der Waals surface area contributed by atoms with Gasteiger partial charge in [-0.3, -0.25) is 0 Å². The van der Waals surface area contributed by atoms with E-state index < -0.39 is 7.12 Å². The molecular weight excluding hydrogens is 219 g/mol. The average molecular weight is 240 g/mol. The molecule has 1 rings (SSSR count). The van der Waals surface area contributed by atoms with Crippen LogP contribution in [0.15, 0.2) is 12.1 Å². The zero-order chi connectivity index (χ0) is 13.1. The van der Waals surface area contributed by atoms with Crippen LogP contribution >= 0.6 is 0 Å². The molecule has 0 amide bonds. The maximum absolute atomic E-state index is 11.2. The summed E-state index contributed by atoms with van der Waals surface area (Å²) in [7, 11) is -0.487. The smallest absolute Gasteiger partial charge is 0.463 e. The lowest BCUT2D eigenvalue weighted by Crippen LogP contribution is -2.44. The summed E-state index contributed by atoms with van der Waals surface area (Å²) in [6, 6.07) is 0. The molecule has 17 heavy (non-hydrogen) atoms. The van der Waals surface area contributed by atoms with Gasteiger partial charge in [-0.25, -0.2) is 4.79 Å². The quantitative estimate of drug-likeness (QED) is 0.429. The second kappa shape index (κ2) is 5.23. The highest BCUT2D eigenvalue weighted by atomic mass is 16.7. The monoisotopic (exact) mass is 240 g/mol. The molecule has 0 aromatic heterocycles. The highest BCUT2D eigenvalue weighted by molar-refractivity contribution is 6.52. The third-order valence-corrected chi connectivity index (χ3v) is 3.41. The van der Waals surface area contributed by atoms with E-state index in [4.69, 9.17) is 14.0 Å². The Morgan fingerprint density at radius 1 is 1.29 bits per heavy atom. The number of ether oxygens (including phenoxy) is 1. The summed E-state index contributed by atoms with van der Waals surface area (Å²) < 4.78 is 16.4. The lowest BCUT2D eigenvalue weighted by molar-refractivity contribution is -0.137. The van der Waals surface area contributed by atoms with Crippen molar-refractivity contribution in [2.75, 3.05) is 6.61 Å². The van der Waals surface area contributed by atoms with Crippen LogP contribution in [0.2, 0.25) is 0 Å². The van der Waals surface area contributed by atoms with E-state index in [1.54, 1.807) is 12.9 Å². The summed E-state index contributed by atoms with van der Waals surface area (Å²) in [5, 5.41) is 0. The van der Waals surface area contributed by atoms with Crippen molar-refractivity contribution in [3.8, 4) is 0 Å². The summed E-state index contributed by atoms with van der Waals surface area (Å²) in [4.78, 5) is 11.2. The molecule has 0 N–H and O–H groups in total. The molecule has 1 unspecified atom stereocenters. The van der Waals surface area contributed by atoms with Gasteiger partial charge in [0.05, 0.1) is 17.8 Å².